The van der Waals surface area contributed by atoms with Crippen LogP contribution in [0.5, 0.6) is 0 Å². The SMILES string of the molecule is Cn1nc(-c2ccc3c(c2)CNC3=O)c2c(N)ncnc21. The summed E-state index contributed by atoms with van der Waals surface area (Å²) < 4.78 is 1.68. The molecule has 0 radical (unpaired) electrons. The van der Waals surface area contributed by atoms with Gasteiger partial charge in [0.25, 0.3) is 5.91 Å². The lowest BCUT2D eigenvalue weighted by Gasteiger charge is -2.02. The number of rotatable bonds is 1. The van der Waals surface area contributed by atoms with Gasteiger partial charge in [-0.05, 0) is 17.7 Å². The number of carbonyl (C=O) groups excluding carboxylic acids is 1. The fourth-order valence-electron chi connectivity index (χ4n) is 2.69. The second-order valence-electron chi connectivity index (χ2n) is 4.98. The summed E-state index contributed by atoms with van der Waals surface area (Å²) in [4.78, 5) is 19.9. The van der Waals surface area contributed by atoms with E-state index >= 15 is 0 Å². The van der Waals surface area contributed by atoms with Gasteiger partial charge >= 0.3 is 0 Å². The predicted octanol–water partition coefficient (Wildman–Crippen LogP) is 0.856. The van der Waals surface area contributed by atoms with Crippen LogP contribution in [0.2, 0.25) is 0 Å². The largest absolute Gasteiger partial charge is 0.383 e. The third-order valence-corrected chi connectivity index (χ3v) is 3.71. The average molecular weight is 280 g/mol. The van der Waals surface area contributed by atoms with Gasteiger partial charge in [-0.2, -0.15) is 5.10 Å². The number of anilines is 1. The number of nitrogens with two attached hydrogens (primary N) is 1. The summed E-state index contributed by atoms with van der Waals surface area (Å²) in [6, 6.07) is 5.65. The van der Waals surface area contributed by atoms with Crippen LogP contribution >= 0.6 is 0 Å². The molecule has 1 aliphatic heterocycles. The highest BCUT2D eigenvalue weighted by atomic mass is 16.1. The highest BCUT2D eigenvalue weighted by molar-refractivity contribution is 6.01. The minimum Gasteiger partial charge on any atom is -0.383 e. The van der Waals surface area contributed by atoms with Crippen molar-refractivity contribution < 1.29 is 4.79 Å². The fraction of sp³-hybridized carbons (Fsp3) is 0.143. The zero-order valence-corrected chi connectivity index (χ0v) is 11.3. The first kappa shape index (κ1) is 11.8. The van der Waals surface area contributed by atoms with Gasteiger partial charge in [0.05, 0.1) is 5.39 Å². The van der Waals surface area contributed by atoms with Gasteiger partial charge in [-0.3, -0.25) is 4.79 Å². The van der Waals surface area contributed by atoms with Crippen LogP contribution in [-0.4, -0.2) is 25.7 Å². The van der Waals surface area contributed by atoms with Gasteiger partial charge in [-0.1, -0.05) is 6.07 Å². The zero-order chi connectivity index (χ0) is 14.6. The van der Waals surface area contributed by atoms with Crippen molar-refractivity contribution in [2.45, 2.75) is 6.54 Å². The van der Waals surface area contributed by atoms with Gasteiger partial charge < -0.3 is 11.1 Å². The number of aryl methyl sites for hydroxylation is 1. The van der Waals surface area contributed by atoms with Gasteiger partial charge in [-0.25, -0.2) is 14.6 Å². The lowest BCUT2D eigenvalue weighted by molar-refractivity contribution is 0.0966. The van der Waals surface area contributed by atoms with Crippen molar-refractivity contribution in [1.82, 2.24) is 25.1 Å². The monoisotopic (exact) mass is 280 g/mol. The van der Waals surface area contributed by atoms with Crippen LogP contribution in [0.1, 0.15) is 15.9 Å². The molecule has 0 aliphatic carbocycles. The van der Waals surface area contributed by atoms with Crippen LogP contribution in [0.25, 0.3) is 22.3 Å². The van der Waals surface area contributed by atoms with E-state index in [0.29, 0.717) is 23.6 Å². The molecule has 1 aromatic carbocycles. The number of amides is 1. The average Bonchev–Trinajstić information content (AvgIpc) is 3.01. The van der Waals surface area contributed by atoms with E-state index in [4.69, 9.17) is 5.73 Å². The standard InChI is InChI=1S/C14H12N6O/c1-20-13-10(12(15)17-6-18-13)11(19-20)7-2-3-9-8(4-7)5-16-14(9)21/h2-4,6H,5H2,1H3,(H,16,21)(H2,15,17,18). The van der Waals surface area contributed by atoms with Gasteiger partial charge in [0.1, 0.15) is 17.8 Å². The molecule has 0 spiro atoms. The van der Waals surface area contributed by atoms with E-state index in [1.807, 2.05) is 25.2 Å². The Hall–Kier alpha value is -2.96. The highest BCUT2D eigenvalue weighted by Gasteiger charge is 2.21. The zero-order valence-electron chi connectivity index (χ0n) is 11.3. The van der Waals surface area contributed by atoms with Crippen molar-refractivity contribution >= 4 is 22.8 Å². The highest BCUT2D eigenvalue weighted by Crippen LogP contribution is 2.31. The molecule has 0 saturated heterocycles. The van der Waals surface area contributed by atoms with Crippen LogP contribution < -0.4 is 11.1 Å². The Morgan fingerprint density at radius 3 is 3.05 bits per heavy atom. The quantitative estimate of drug-likeness (QED) is 0.688. The number of hydrogen-bond donors (Lipinski definition) is 2. The summed E-state index contributed by atoms with van der Waals surface area (Å²) in [5.74, 6) is 0.364. The number of benzene rings is 1. The number of aromatic nitrogens is 4. The Morgan fingerprint density at radius 1 is 1.33 bits per heavy atom. The van der Waals surface area contributed by atoms with Crippen molar-refractivity contribution in [2.24, 2.45) is 7.05 Å². The number of hydrogen-bond acceptors (Lipinski definition) is 5. The molecule has 0 atom stereocenters. The second kappa shape index (κ2) is 4.02. The summed E-state index contributed by atoms with van der Waals surface area (Å²) in [5, 5.41) is 8.03. The number of fused-ring (bicyclic) bond motifs is 2. The van der Waals surface area contributed by atoms with Crippen molar-refractivity contribution in [2.75, 3.05) is 5.73 Å². The molecule has 104 valence electrons. The maximum atomic E-state index is 11.6. The Labute approximate surface area is 119 Å². The molecule has 7 nitrogen and oxygen atoms in total. The maximum Gasteiger partial charge on any atom is 0.251 e. The fourth-order valence-corrected chi connectivity index (χ4v) is 2.69. The van der Waals surface area contributed by atoms with Crippen LogP contribution in [0.3, 0.4) is 0 Å². The van der Waals surface area contributed by atoms with Crippen molar-refractivity contribution in [3.05, 3.63) is 35.7 Å². The molecule has 7 heteroatoms. The topological polar surface area (TPSA) is 98.7 Å². The summed E-state index contributed by atoms with van der Waals surface area (Å²) in [7, 11) is 1.82. The molecular formula is C14H12N6O. The number of nitrogens with one attached hydrogen (secondary N) is 1. The third-order valence-electron chi connectivity index (χ3n) is 3.71. The lowest BCUT2D eigenvalue weighted by Crippen LogP contribution is -2.12. The molecule has 3 aromatic rings. The van der Waals surface area contributed by atoms with Crippen molar-refractivity contribution in [3.8, 4) is 11.3 Å². The molecule has 0 saturated carbocycles. The van der Waals surface area contributed by atoms with E-state index in [0.717, 1.165) is 22.2 Å². The molecule has 3 heterocycles. The van der Waals surface area contributed by atoms with Crippen LogP contribution in [-0.2, 0) is 13.6 Å². The van der Waals surface area contributed by atoms with Gasteiger partial charge in [0.15, 0.2) is 5.65 Å². The summed E-state index contributed by atoms with van der Waals surface area (Å²) in [6.07, 6.45) is 1.43. The van der Waals surface area contributed by atoms with Gasteiger partial charge in [0.2, 0.25) is 0 Å². The van der Waals surface area contributed by atoms with Crippen molar-refractivity contribution in [1.29, 1.82) is 0 Å². The number of carbonyl (C=O) groups is 1. The summed E-state index contributed by atoms with van der Waals surface area (Å²) >= 11 is 0. The van der Waals surface area contributed by atoms with E-state index in [-0.39, 0.29) is 5.91 Å². The minimum absolute atomic E-state index is 0.0368. The molecule has 1 amide bonds. The molecule has 21 heavy (non-hydrogen) atoms. The van der Waals surface area contributed by atoms with E-state index in [1.54, 1.807) is 4.68 Å². The Bertz CT molecular complexity index is 898. The third kappa shape index (κ3) is 1.60. The molecule has 2 aromatic heterocycles. The van der Waals surface area contributed by atoms with Crippen LogP contribution in [0.4, 0.5) is 5.82 Å². The van der Waals surface area contributed by atoms with Crippen molar-refractivity contribution in [3.63, 3.8) is 0 Å². The van der Waals surface area contributed by atoms with Crippen LogP contribution in [0, 0.1) is 0 Å². The summed E-state index contributed by atoms with van der Waals surface area (Å²) in [6.45, 7) is 0.540. The van der Waals surface area contributed by atoms with E-state index in [9.17, 15) is 4.79 Å². The molecule has 1 aliphatic rings. The molecular weight excluding hydrogens is 268 g/mol. The van der Waals surface area contributed by atoms with Gasteiger partial charge in [-0.15, -0.1) is 0 Å². The first-order valence-corrected chi connectivity index (χ1v) is 6.50. The summed E-state index contributed by atoms with van der Waals surface area (Å²) in [5.41, 5.74) is 9.96. The second-order valence-corrected chi connectivity index (χ2v) is 4.98. The molecule has 0 fully saturated rings. The van der Waals surface area contributed by atoms with Gasteiger partial charge in [0, 0.05) is 24.7 Å². The van der Waals surface area contributed by atoms with E-state index in [2.05, 4.69) is 20.4 Å². The number of nitrogens with zero attached hydrogens (tertiary/aromatic N) is 4. The Morgan fingerprint density at radius 2 is 2.19 bits per heavy atom. The molecule has 4 rings (SSSR count). The molecule has 0 bridgehead atoms. The van der Waals surface area contributed by atoms with E-state index in [1.165, 1.54) is 6.33 Å². The smallest absolute Gasteiger partial charge is 0.251 e. The maximum absolute atomic E-state index is 11.6. The molecule has 0 unspecified atom stereocenters. The molecule has 3 N–H and O–H groups in total. The lowest BCUT2D eigenvalue weighted by atomic mass is 10.0. The minimum atomic E-state index is -0.0368. The first-order chi connectivity index (χ1) is 10.1. The Kier molecular flexibility index (Phi) is 2.26. The Balaban J connectivity index is 1.98. The first-order valence-electron chi connectivity index (χ1n) is 6.50. The van der Waals surface area contributed by atoms with Crippen LogP contribution in [0.15, 0.2) is 24.5 Å². The normalized spacial score (nSPS) is 13.5. The predicted molar refractivity (Wildman–Crippen MR) is 77.3 cm³/mol. The number of nitrogen functional groups attached to an aromatic ring is 1. The van der Waals surface area contributed by atoms with E-state index < -0.39 is 0 Å².